The third-order valence-electron chi connectivity index (χ3n) is 5.43. The summed E-state index contributed by atoms with van der Waals surface area (Å²) in [6.45, 7) is 4.34. The van der Waals surface area contributed by atoms with E-state index in [1.165, 1.54) is 12.7 Å². The summed E-state index contributed by atoms with van der Waals surface area (Å²) in [5, 5.41) is 12.4. The number of esters is 1. The van der Waals surface area contributed by atoms with Crippen LogP contribution in [0.3, 0.4) is 0 Å². The van der Waals surface area contributed by atoms with Crippen LogP contribution in [-0.2, 0) is 16.0 Å². The van der Waals surface area contributed by atoms with Crippen LogP contribution in [0, 0.1) is 25.2 Å². The van der Waals surface area contributed by atoms with Gasteiger partial charge < -0.3 is 14.6 Å². The van der Waals surface area contributed by atoms with Crippen LogP contribution in [0.5, 0.6) is 0 Å². The molecule has 1 N–H and O–H groups in total. The van der Waals surface area contributed by atoms with Gasteiger partial charge in [-0.1, -0.05) is 36.4 Å². The van der Waals surface area contributed by atoms with E-state index < -0.39 is 5.97 Å². The third kappa shape index (κ3) is 5.78. The van der Waals surface area contributed by atoms with Crippen LogP contribution in [0.15, 0.2) is 66.2 Å². The van der Waals surface area contributed by atoms with E-state index in [1.54, 1.807) is 24.3 Å². The van der Waals surface area contributed by atoms with Gasteiger partial charge in [-0.15, -0.1) is 0 Å². The van der Waals surface area contributed by atoms with Crippen molar-refractivity contribution in [3.63, 3.8) is 0 Å². The van der Waals surface area contributed by atoms with E-state index in [4.69, 9.17) is 4.74 Å². The van der Waals surface area contributed by atoms with Crippen molar-refractivity contribution in [2.75, 3.05) is 13.7 Å². The first-order valence-electron chi connectivity index (χ1n) is 10.8. The molecule has 1 amide bonds. The van der Waals surface area contributed by atoms with Gasteiger partial charge in [0.2, 0.25) is 0 Å². The van der Waals surface area contributed by atoms with E-state index in [0.717, 1.165) is 35.5 Å². The van der Waals surface area contributed by atoms with Crippen molar-refractivity contribution < 1.29 is 14.3 Å². The second-order valence-electron chi connectivity index (χ2n) is 7.72. The van der Waals surface area contributed by atoms with Crippen LogP contribution in [0.4, 0.5) is 0 Å². The molecule has 0 radical (unpaired) electrons. The lowest BCUT2D eigenvalue weighted by atomic mass is 10.1. The van der Waals surface area contributed by atoms with Gasteiger partial charge in [0.15, 0.2) is 0 Å². The highest BCUT2D eigenvalue weighted by molar-refractivity contribution is 6.01. The SMILES string of the molecule is COC(=O)c1cccc(-n2c(C)cc(/C=C(/C#N)C(=O)NCCCc3ccccc3)c2C)c1. The number of hydrogen-bond acceptors (Lipinski definition) is 4. The van der Waals surface area contributed by atoms with Crippen molar-refractivity contribution in [2.45, 2.75) is 26.7 Å². The molecular formula is C27H27N3O3. The fourth-order valence-electron chi connectivity index (χ4n) is 3.76. The Balaban J connectivity index is 1.74. The van der Waals surface area contributed by atoms with Crippen LogP contribution in [0.2, 0.25) is 0 Å². The summed E-state index contributed by atoms with van der Waals surface area (Å²) < 4.78 is 6.79. The first kappa shape index (κ1) is 23.6. The molecule has 0 aliphatic rings. The largest absolute Gasteiger partial charge is 0.465 e. The van der Waals surface area contributed by atoms with Gasteiger partial charge >= 0.3 is 5.97 Å². The smallest absolute Gasteiger partial charge is 0.337 e. The predicted octanol–water partition coefficient (Wildman–Crippen LogP) is 4.54. The van der Waals surface area contributed by atoms with E-state index >= 15 is 0 Å². The van der Waals surface area contributed by atoms with Gasteiger partial charge in [0.05, 0.1) is 12.7 Å². The maximum Gasteiger partial charge on any atom is 0.337 e. The molecule has 33 heavy (non-hydrogen) atoms. The van der Waals surface area contributed by atoms with E-state index in [2.05, 4.69) is 17.4 Å². The monoisotopic (exact) mass is 441 g/mol. The third-order valence-corrected chi connectivity index (χ3v) is 5.43. The Hall–Kier alpha value is -4.11. The number of aromatic nitrogens is 1. The molecule has 6 heteroatoms. The molecule has 3 aromatic rings. The van der Waals surface area contributed by atoms with Crippen molar-refractivity contribution in [1.82, 2.24) is 9.88 Å². The van der Waals surface area contributed by atoms with Gasteiger partial charge in [0, 0.05) is 23.6 Å². The molecule has 3 rings (SSSR count). The molecule has 0 unspecified atom stereocenters. The number of amides is 1. The Kier molecular flexibility index (Phi) is 7.82. The van der Waals surface area contributed by atoms with Gasteiger partial charge in [0.25, 0.3) is 5.91 Å². The van der Waals surface area contributed by atoms with Gasteiger partial charge in [-0.25, -0.2) is 4.79 Å². The molecule has 0 spiro atoms. The maximum absolute atomic E-state index is 12.6. The average Bonchev–Trinajstić information content (AvgIpc) is 3.12. The maximum atomic E-state index is 12.6. The molecule has 2 aromatic carbocycles. The number of carbonyl (C=O) groups is 2. The summed E-state index contributed by atoms with van der Waals surface area (Å²) in [6, 6.07) is 21.1. The van der Waals surface area contributed by atoms with Crippen molar-refractivity contribution in [2.24, 2.45) is 0 Å². The summed E-state index contributed by atoms with van der Waals surface area (Å²) in [5.41, 5.74) is 5.07. The Bertz CT molecular complexity index is 1220. The summed E-state index contributed by atoms with van der Waals surface area (Å²) >= 11 is 0. The molecule has 0 aliphatic carbocycles. The van der Waals surface area contributed by atoms with Gasteiger partial charge in [-0.05, 0) is 68.2 Å². The lowest BCUT2D eigenvalue weighted by molar-refractivity contribution is -0.117. The summed E-state index contributed by atoms with van der Waals surface area (Å²) in [6.07, 6.45) is 3.26. The zero-order valence-corrected chi connectivity index (χ0v) is 19.1. The fraction of sp³-hybridized carbons (Fsp3) is 0.222. The highest BCUT2D eigenvalue weighted by Crippen LogP contribution is 2.23. The zero-order valence-electron chi connectivity index (χ0n) is 19.1. The number of hydrogen-bond donors (Lipinski definition) is 1. The molecule has 0 saturated heterocycles. The number of benzene rings is 2. The lowest BCUT2D eigenvalue weighted by Gasteiger charge is -2.11. The minimum absolute atomic E-state index is 0.0540. The fourth-order valence-corrected chi connectivity index (χ4v) is 3.76. The molecule has 168 valence electrons. The molecule has 0 atom stereocenters. The van der Waals surface area contributed by atoms with Crippen molar-refractivity contribution in [1.29, 1.82) is 5.26 Å². The molecule has 0 saturated carbocycles. The van der Waals surface area contributed by atoms with Gasteiger partial charge in [-0.3, -0.25) is 4.79 Å². The molecule has 6 nitrogen and oxygen atoms in total. The number of rotatable bonds is 8. The summed E-state index contributed by atoms with van der Waals surface area (Å²) in [5.74, 6) is -0.793. The number of nitrogens with zero attached hydrogens (tertiary/aromatic N) is 2. The molecule has 0 fully saturated rings. The quantitative estimate of drug-likeness (QED) is 0.241. The molecule has 1 heterocycles. The van der Waals surface area contributed by atoms with Crippen LogP contribution in [0.25, 0.3) is 11.8 Å². The zero-order chi connectivity index (χ0) is 23.8. The first-order chi connectivity index (χ1) is 15.9. The first-order valence-corrected chi connectivity index (χ1v) is 10.8. The van der Waals surface area contributed by atoms with E-state index in [0.29, 0.717) is 12.1 Å². The Morgan fingerprint density at radius 2 is 1.85 bits per heavy atom. The topological polar surface area (TPSA) is 84.1 Å². The van der Waals surface area contributed by atoms with Crippen LogP contribution < -0.4 is 5.32 Å². The number of carbonyl (C=O) groups excluding carboxylic acids is 2. The van der Waals surface area contributed by atoms with E-state index in [-0.39, 0.29) is 11.5 Å². The standard InChI is InChI=1S/C27H27N3O3/c1-19-15-23(20(2)30(19)25-13-7-12-22(17-25)27(32)33-3)16-24(18-28)26(31)29-14-8-11-21-9-5-4-6-10-21/h4-7,9-10,12-13,15-17H,8,11,14H2,1-3H3,(H,29,31)/b24-16-. The highest BCUT2D eigenvalue weighted by Gasteiger charge is 2.15. The minimum Gasteiger partial charge on any atom is -0.465 e. The molecule has 0 aliphatic heterocycles. The number of nitriles is 1. The Morgan fingerprint density at radius 3 is 2.55 bits per heavy atom. The van der Waals surface area contributed by atoms with E-state index in [1.807, 2.05) is 54.8 Å². The summed E-state index contributed by atoms with van der Waals surface area (Å²) in [7, 11) is 1.35. The van der Waals surface area contributed by atoms with E-state index in [9.17, 15) is 14.9 Å². The number of ether oxygens (including phenoxy) is 1. The minimum atomic E-state index is -0.407. The lowest BCUT2D eigenvalue weighted by Crippen LogP contribution is -2.25. The second-order valence-corrected chi connectivity index (χ2v) is 7.72. The van der Waals surface area contributed by atoms with Crippen LogP contribution in [0.1, 0.15) is 39.3 Å². The number of aryl methyl sites for hydroxylation is 2. The normalized spacial score (nSPS) is 11.0. The van der Waals surface area contributed by atoms with Crippen molar-refractivity contribution in [3.8, 4) is 11.8 Å². The molecule has 1 aromatic heterocycles. The molecule has 0 bridgehead atoms. The van der Waals surface area contributed by atoms with Crippen LogP contribution >= 0.6 is 0 Å². The highest BCUT2D eigenvalue weighted by atomic mass is 16.5. The Labute approximate surface area is 194 Å². The predicted molar refractivity (Wildman–Crippen MR) is 128 cm³/mol. The summed E-state index contributed by atoms with van der Waals surface area (Å²) in [4.78, 5) is 24.5. The second kappa shape index (κ2) is 11.0. The van der Waals surface area contributed by atoms with Gasteiger partial charge in [0.1, 0.15) is 11.6 Å². The number of methoxy groups -OCH3 is 1. The average molecular weight is 442 g/mol. The van der Waals surface area contributed by atoms with Crippen molar-refractivity contribution in [3.05, 3.63) is 94.3 Å². The Morgan fingerprint density at radius 1 is 1.09 bits per heavy atom. The van der Waals surface area contributed by atoms with Crippen LogP contribution in [-0.4, -0.2) is 30.1 Å². The molecular weight excluding hydrogens is 414 g/mol. The van der Waals surface area contributed by atoms with Gasteiger partial charge in [-0.2, -0.15) is 5.26 Å². The van der Waals surface area contributed by atoms with Crippen molar-refractivity contribution >= 4 is 18.0 Å². The number of nitrogens with one attached hydrogen (secondary N) is 1.